The fraction of sp³-hybridized carbons (Fsp3) is 0. The number of rotatable bonds is 0. The summed E-state index contributed by atoms with van der Waals surface area (Å²) in [5.74, 6) is 0. The zero-order chi connectivity index (χ0) is 10.3. The van der Waals surface area contributed by atoms with Crippen LogP contribution in [-0.4, -0.2) is 34.5 Å². The molecule has 0 N–H and O–H groups in total. The molecule has 0 aliphatic heterocycles. The molecule has 1 aromatic heterocycles. The van der Waals surface area contributed by atoms with Gasteiger partial charge in [0.25, 0.3) is 0 Å². The average Bonchev–Trinajstić information content (AvgIpc) is 2.30. The van der Waals surface area contributed by atoms with E-state index in [0.29, 0.717) is 0 Å². The van der Waals surface area contributed by atoms with E-state index in [-0.39, 0.29) is 29.6 Å². The van der Waals surface area contributed by atoms with Gasteiger partial charge in [-0.25, -0.2) is 0 Å². The molecule has 0 unspecified atom stereocenters. The first-order chi connectivity index (χ1) is 7.36. The SMILES string of the molecule is Brc1cc2ccccc2c2cnccc12.[NaH]. The molecule has 3 aromatic rings. The number of hydrogen-bond donors (Lipinski definition) is 0. The van der Waals surface area contributed by atoms with Gasteiger partial charge in [-0.15, -0.1) is 0 Å². The summed E-state index contributed by atoms with van der Waals surface area (Å²) in [6.45, 7) is 0. The molecule has 0 aliphatic rings. The number of aromatic nitrogens is 1. The monoisotopic (exact) mass is 281 g/mol. The van der Waals surface area contributed by atoms with Gasteiger partial charge in [0, 0.05) is 22.3 Å². The molecule has 3 heteroatoms. The van der Waals surface area contributed by atoms with Crippen LogP contribution in [0.4, 0.5) is 0 Å². The van der Waals surface area contributed by atoms with Crippen molar-refractivity contribution in [3.8, 4) is 0 Å². The number of halogens is 1. The minimum atomic E-state index is 0. The van der Waals surface area contributed by atoms with Crippen LogP contribution in [0.15, 0.2) is 53.3 Å². The maximum atomic E-state index is 4.18. The Morgan fingerprint density at radius 1 is 0.938 bits per heavy atom. The summed E-state index contributed by atoms with van der Waals surface area (Å²) in [6, 6.07) is 12.5. The van der Waals surface area contributed by atoms with Gasteiger partial charge < -0.3 is 0 Å². The molecule has 0 radical (unpaired) electrons. The van der Waals surface area contributed by atoms with Gasteiger partial charge in [0.2, 0.25) is 0 Å². The van der Waals surface area contributed by atoms with E-state index in [1.807, 2.05) is 18.5 Å². The molecule has 2 aromatic carbocycles. The molecule has 0 bridgehead atoms. The fourth-order valence-corrected chi connectivity index (χ4v) is 2.49. The van der Waals surface area contributed by atoms with Crippen molar-refractivity contribution >= 4 is 67.0 Å². The van der Waals surface area contributed by atoms with Crippen LogP contribution in [0, 0.1) is 0 Å². The second-order valence-corrected chi connectivity index (χ2v) is 4.36. The van der Waals surface area contributed by atoms with Crippen molar-refractivity contribution in [2.75, 3.05) is 0 Å². The van der Waals surface area contributed by atoms with Crippen molar-refractivity contribution in [1.82, 2.24) is 4.98 Å². The standard InChI is InChI=1S/C13H8BrN.Na.H/c14-13-7-9-3-1-2-4-10(9)12-8-15-6-5-11(12)13;;/h1-8H;;. The van der Waals surface area contributed by atoms with E-state index in [1.54, 1.807) is 0 Å². The summed E-state index contributed by atoms with van der Waals surface area (Å²) in [4.78, 5) is 4.18. The zero-order valence-electron chi connectivity index (χ0n) is 7.94. The van der Waals surface area contributed by atoms with Gasteiger partial charge in [-0.1, -0.05) is 40.2 Å². The van der Waals surface area contributed by atoms with Gasteiger partial charge in [-0.2, -0.15) is 0 Å². The molecule has 16 heavy (non-hydrogen) atoms. The molecule has 0 saturated carbocycles. The van der Waals surface area contributed by atoms with Gasteiger partial charge >= 0.3 is 29.6 Å². The number of nitrogens with zero attached hydrogens (tertiary/aromatic N) is 1. The van der Waals surface area contributed by atoms with Crippen LogP contribution in [0.2, 0.25) is 0 Å². The predicted molar refractivity (Wildman–Crippen MR) is 74.1 cm³/mol. The first-order valence-corrected chi connectivity index (χ1v) is 5.56. The average molecular weight is 282 g/mol. The van der Waals surface area contributed by atoms with Gasteiger partial charge in [0.1, 0.15) is 0 Å². The molecule has 3 rings (SSSR count). The van der Waals surface area contributed by atoms with E-state index < -0.39 is 0 Å². The summed E-state index contributed by atoms with van der Waals surface area (Å²) in [6.07, 6.45) is 3.74. The van der Waals surface area contributed by atoms with Crippen LogP contribution in [-0.2, 0) is 0 Å². The zero-order valence-corrected chi connectivity index (χ0v) is 9.53. The van der Waals surface area contributed by atoms with Crippen LogP contribution in [0.25, 0.3) is 21.5 Å². The first kappa shape index (κ1) is 12.1. The Balaban J connectivity index is 0.000000963. The van der Waals surface area contributed by atoms with Crippen molar-refractivity contribution < 1.29 is 0 Å². The van der Waals surface area contributed by atoms with Crippen molar-refractivity contribution in [3.63, 3.8) is 0 Å². The Bertz CT molecular complexity index is 652. The third-order valence-corrected chi connectivity index (χ3v) is 3.27. The number of hydrogen-bond acceptors (Lipinski definition) is 1. The third kappa shape index (κ3) is 1.91. The van der Waals surface area contributed by atoms with Crippen LogP contribution in [0.1, 0.15) is 0 Å². The Labute approximate surface area is 124 Å². The summed E-state index contributed by atoms with van der Waals surface area (Å²) < 4.78 is 1.12. The van der Waals surface area contributed by atoms with E-state index in [4.69, 9.17) is 0 Å². The van der Waals surface area contributed by atoms with E-state index in [1.165, 1.54) is 21.5 Å². The van der Waals surface area contributed by atoms with E-state index in [9.17, 15) is 0 Å². The molecule has 1 heterocycles. The Hall–Kier alpha value is -0.410. The second kappa shape index (κ2) is 4.84. The second-order valence-electron chi connectivity index (χ2n) is 3.50. The van der Waals surface area contributed by atoms with Gasteiger partial charge in [-0.3, -0.25) is 4.98 Å². The van der Waals surface area contributed by atoms with Crippen molar-refractivity contribution in [3.05, 3.63) is 53.3 Å². The molecule has 0 aliphatic carbocycles. The normalized spacial score (nSPS) is 10.3. The molecule has 0 atom stereocenters. The minimum absolute atomic E-state index is 0. The summed E-state index contributed by atoms with van der Waals surface area (Å²) >= 11 is 3.59. The Morgan fingerprint density at radius 2 is 1.75 bits per heavy atom. The Morgan fingerprint density at radius 3 is 2.62 bits per heavy atom. The molecule has 0 fully saturated rings. The van der Waals surface area contributed by atoms with Crippen molar-refractivity contribution in [1.29, 1.82) is 0 Å². The first-order valence-electron chi connectivity index (χ1n) is 4.77. The van der Waals surface area contributed by atoms with Crippen LogP contribution in [0.5, 0.6) is 0 Å². The maximum absolute atomic E-state index is 4.18. The predicted octanol–water partition coefficient (Wildman–Crippen LogP) is 3.50. The Kier molecular flexibility index (Phi) is 3.65. The molecule has 74 valence electrons. The van der Waals surface area contributed by atoms with E-state index >= 15 is 0 Å². The molecular formula is C13H9BrNNa. The van der Waals surface area contributed by atoms with Gasteiger partial charge in [0.05, 0.1) is 0 Å². The van der Waals surface area contributed by atoms with Crippen molar-refractivity contribution in [2.45, 2.75) is 0 Å². The summed E-state index contributed by atoms with van der Waals surface area (Å²) in [7, 11) is 0. The number of pyridine rings is 1. The van der Waals surface area contributed by atoms with Crippen molar-refractivity contribution in [2.24, 2.45) is 0 Å². The molecular weight excluding hydrogens is 273 g/mol. The third-order valence-electron chi connectivity index (χ3n) is 2.61. The molecule has 0 spiro atoms. The van der Waals surface area contributed by atoms with E-state index in [0.717, 1.165) is 4.47 Å². The van der Waals surface area contributed by atoms with Crippen LogP contribution in [0.3, 0.4) is 0 Å². The molecule has 0 amide bonds. The van der Waals surface area contributed by atoms with Gasteiger partial charge in [-0.05, 0) is 28.3 Å². The molecule has 1 nitrogen and oxygen atoms in total. The molecule has 0 saturated heterocycles. The van der Waals surface area contributed by atoms with Crippen LogP contribution >= 0.6 is 15.9 Å². The topological polar surface area (TPSA) is 12.9 Å². The number of fused-ring (bicyclic) bond motifs is 3. The summed E-state index contributed by atoms with van der Waals surface area (Å²) in [5.41, 5.74) is 0. The summed E-state index contributed by atoms with van der Waals surface area (Å²) in [5, 5.41) is 4.90. The quantitative estimate of drug-likeness (QED) is 0.454. The fourth-order valence-electron chi connectivity index (χ4n) is 1.90. The van der Waals surface area contributed by atoms with Gasteiger partial charge in [0.15, 0.2) is 0 Å². The van der Waals surface area contributed by atoms with E-state index in [2.05, 4.69) is 51.2 Å². The number of benzene rings is 2. The van der Waals surface area contributed by atoms with Crippen LogP contribution < -0.4 is 0 Å².